The van der Waals surface area contributed by atoms with Crippen LogP contribution < -0.4 is 14.9 Å². The Hall–Kier alpha value is -2.52. The maximum Gasteiger partial charge on any atom is 0.240 e. The first-order valence-electron chi connectivity index (χ1n) is 7.77. The van der Waals surface area contributed by atoms with E-state index in [1.807, 2.05) is 14.1 Å². The molecule has 3 rings (SSSR count). The SMILES string of the molecule is CN(C)c1nccc(CNS(=O)(=O)c2ccc3c(c2)CCC(=O)N3)n1. The van der Waals surface area contributed by atoms with Gasteiger partial charge in [-0.2, -0.15) is 0 Å². The highest BCUT2D eigenvalue weighted by molar-refractivity contribution is 7.89. The summed E-state index contributed by atoms with van der Waals surface area (Å²) >= 11 is 0. The van der Waals surface area contributed by atoms with Gasteiger partial charge in [-0.05, 0) is 36.2 Å². The van der Waals surface area contributed by atoms with Crippen molar-refractivity contribution in [2.75, 3.05) is 24.3 Å². The maximum atomic E-state index is 12.5. The molecule has 0 bridgehead atoms. The average molecular weight is 361 g/mol. The van der Waals surface area contributed by atoms with E-state index in [0.29, 0.717) is 30.2 Å². The van der Waals surface area contributed by atoms with Crippen LogP contribution in [0.4, 0.5) is 11.6 Å². The van der Waals surface area contributed by atoms with Crippen LogP contribution in [-0.2, 0) is 27.8 Å². The molecule has 0 radical (unpaired) electrons. The van der Waals surface area contributed by atoms with E-state index in [1.165, 1.54) is 6.07 Å². The molecule has 1 aromatic carbocycles. The first kappa shape index (κ1) is 17.3. The molecule has 8 nitrogen and oxygen atoms in total. The highest BCUT2D eigenvalue weighted by Gasteiger charge is 2.20. The van der Waals surface area contributed by atoms with E-state index in [0.717, 1.165) is 5.56 Å². The number of anilines is 2. The van der Waals surface area contributed by atoms with E-state index < -0.39 is 10.0 Å². The topological polar surface area (TPSA) is 104 Å². The number of hydrogen-bond donors (Lipinski definition) is 2. The molecule has 0 saturated carbocycles. The van der Waals surface area contributed by atoms with Crippen molar-refractivity contribution in [1.82, 2.24) is 14.7 Å². The van der Waals surface area contributed by atoms with Crippen molar-refractivity contribution < 1.29 is 13.2 Å². The summed E-state index contributed by atoms with van der Waals surface area (Å²) in [6.45, 7) is 0.0690. The third-order valence-electron chi connectivity index (χ3n) is 3.83. The van der Waals surface area contributed by atoms with Crippen molar-refractivity contribution in [3.63, 3.8) is 0 Å². The Kier molecular flexibility index (Phi) is 4.69. The second-order valence-corrected chi connectivity index (χ2v) is 7.70. The summed E-state index contributed by atoms with van der Waals surface area (Å²) in [5.74, 6) is 0.461. The number of amides is 1. The molecule has 0 fully saturated rings. The highest BCUT2D eigenvalue weighted by atomic mass is 32.2. The zero-order valence-electron chi connectivity index (χ0n) is 14.0. The number of nitrogens with zero attached hydrogens (tertiary/aromatic N) is 3. The number of nitrogens with one attached hydrogen (secondary N) is 2. The number of aromatic nitrogens is 2. The molecule has 2 heterocycles. The van der Waals surface area contributed by atoms with Gasteiger partial charge in [0.15, 0.2) is 0 Å². The summed E-state index contributed by atoms with van der Waals surface area (Å²) in [5.41, 5.74) is 2.06. The minimum atomic E-state index is -3.68. The molecule has 1 aromatic heterocycles. The van der Waals surface area contributed by atoms with Crippen molar-refractivity contribution >= 4 is 27.6 Å². The van der Waals surface area contributed by atoms with E-state index >= 15 is 0 Å². The second-order valence-electron chi connectivity index (χ2n) is 5.93. The molecule has 0 atom stereocenters. The summed E-state index contributed by atoms with van der Waals surface area (Å²) in [5, 5.41) is 2.74. The minimum Gasteiger partial charge on any atom is -0.347 e. The molecule has 9 heteroatoms. The third kappa shape index (κ3) is 3.94. The number of hydrogen-bond acceptors (Lipinski definition) is 6. The lowest BCUT2D eigenvalue weighted by Gasteiger charge is -2.17. The van der Waals surface area contributed by atoms with Crippen LogP contribution in [0.3, 0.4) is 0 Å². The van der Waals surface area contributed by atoms with E-state index in [2.05, 4.69) is 20.0 Å². The summed E-state index contributed by atoms with van der Waals surface area (Å²) in [4.78, 5) is 21.7. The maximum absolute atomic E-state index is 12.5. The Labute approximate surface area is 146 Å². The number of carbonyl (C=O) groups excluding carboxylic acids is 1. The van der Waals surface area contributed by atoms with Crippen LogP contribution in [0.15, 0.2) is 35.4 Å². The lowest BCUT2D eigenvalue weighted by atomic mass is 10.0. The van der Waals surface area contributed by atoms with Crippen molar-refractivity contribution in [2.24, 2.45) is 0 Å². The molecular formula is C16H19N5O3S. The van der Waals surface area contributed by atoms with Crippen LogP contribution in [0.25, 0.3) is 0 Å². The van der Waals surface area contributed by atoms with Crippen LogP contribution in [0.1, 0.15) is 17.7 Å². The first-order chi connectivity index (χ1) is 11.8. The van der Waals surface area contributed by atoms with Gasteiger partial charge in [0.25, 0.3) is 0 Å². The Balaban J connectivity index is 1.76. The normalized spacial score (nSPS) is 13.9. The van der Waals surface area contributed by atoms with Crippen LogP contribution in [0.5, 0.6) is 0 Å². The van der Waals surface area contributed by atoms with Gasteiger partial charge in [0.1, 0.15) is 0 Å². The molecule has 2 N–H and O–H groups in total. The predicted molar refractivity (Wildman–Crippen MR) is 93.8 cm³/mol. The second kappa shape index (κ2) is 6.77. The molecule has 1 aliphatic heterocycles. The molecule has 2 aromatic rings. The standard InChI is InChI=1S/C16H19N5O3S/c1-21(2)16-17-8-7-12(19-16)10-18-25(23,24)13-4-5-14-11(9-13)3-6-15(22)20-14/h4-5,7-9,18H,3,6,10H2,1-2H3,(H,20,22). The zero-order chi connectivity index (χ0) is 18.0. The average Bonchev–Trinajstić information content (AvgIpc) is 2.59. The zero-order valence-corrected chi connectivity index (χ0v) is 14.8. The Bertz CT molecular complexity index is 912. The minimum absolute atomic E-state index is 0.0540. The summed E-state index contributed by atoms with van der Waals surface area (Å²) < 4.78 is 27.6. The fourth-order valence-electron chi connectivity index (χ4n) is 2.48. The van der Waals surface area contributed by atoms with Gasteiger partial charge < -0.3 is 10.2 Å². The summed E-state index contributed by atoms with van der Waals surface area (Å²) in [6.07, 6.45) is 2.48. The monoisotopic (exact) mass is 361 g/mol. The lowest BCUT2D eigenvalue weighted by Crippen LogP contribution is -2.25. The molecule has 0 unspecified atom stereocenters. The number of rotatable bonds is 5. The molecule has 0 aliphatic carbocycles. The van der Waals surface area contributed by atoms with Crippen molar-refractivity contribution in [2.45, 2.75) is 24.3 Å². The number of benzene rings is 1. The van der Waals surface area contributed by atoms with E-state index in [1.54, 1.807) is 29.3 Å². The molecule has 0 saturated heterocycles. The van der Waals surface area contributed by atoms with Crippen molar-refractivity contribution in [3.05, 3.63) is 41.7 Å². The Morgan fingerprint density at radius 3 is 2.80 bits per heavy atom. The van der Waals surface area contributed by atoms with Gasteiger partial charge in [0.2, 0.25) is 21.9 Å². The summed E-state index contributed by atoms with van der Waals surface area (Å²) in [7, 11) is -0.0460. The first-order valence-corrected chi connectivity index (χ1v) is 9.25. The molecule has 0 spiro atoms. The number of carbonyl (C=O) groups is 1. The molecular weight excluding hydrogens is 342 g/mol. The number of aryl methyl sites for hydroxylation is 1. The van der Waals surface area contributed by atoms with Gasteiger partial charge in [-0.15, -0.1) is 0 Å². The molecule has 132 valence electrons. The fourth-order valence-corrected chi connectivity index (χ4v) is 3.53. The quantitative estimate of drug-likeness (QED) is 0.820. The largest absolute Gasteiger partial charge is 0.347 e. The van der Waals surface area contributed by atoms with Gasteiger partial charge in [-0.25, -0.2) is 23.1 Å². The van der Waals surface area contributed by atoms with Gasteiger partial charge in [0, 0.05) is 32.4 Å². The molecule has 1 amide bonds. The van der Waals surface area contributed by atoms with Crippen molar-refractivity contribution in [3.8, 4) is 0 Å². The lowest BCUT2D eigenvalue weighted by molar-refractivity contribution is -0.116. The summed E-state index contributed by atoms with van der Waals surface area (Å²) in [6, 6.07) is 6.37. The van der Waals surface area contributed by atoms with Gasteiger partial charge in [0.05, 0.1) is 17.1 Å². The van der Waals surface area contributed by atoms with E-state index in [4.69, 9.17) is 0 Å². The third-order valence-corrected chi connectivity index (χ3v) is 5.23. The van der Waals surface area contributed by atoms with Gasteiger partial charge in [-0.3, -0.25) is 4.79 Å². The number of fused-ring (bicyclic) bond motifs is 1. The van der Waals surface area contributed by atoms with E-state index in [9.17, 15) is 13.2 Å². The van der Waals surface area contributed by atoms with Gasteiger partial charge in [-0.1, -0.05) is 0 Å². The van der Waals surface area contributed by atoms with Crippen LogP contribution in [0, 0.1) is 0 Å². The van der Waals surface area contributed by atoms with Crippen LogP contribution >= 0.6 is 0 Å². The molecule has 25 heavy (non-hydrogen) atoms. The number of sulfonamides is 1. The van der Waals surface area contributed by atoms with E-state index in [-0.39, 0.29) is 17.3 Å². The van der Waals surface area contributed by atoms with Gasteiger partial charge >= 0.3 is 0 Å². The predicted octanol–water partition coefficient (Wildman–Crippen LogP) is 0.906. The molecule has 1 aliphatic rings. The Morgan fingerprint density at radius 1 is 1.24 bits per heavy atom. The van der Waals surface area contributed by atoms with Crippen molar-refractivity contribution in [1.29, 1.82) is 0 Å². The van der Waals surface area contributed by atoms with Crippen LogP contribution in [0.2, 0.25) is 0 Å². The van der Waals surface area contributed by atoms with Crippen LogP contribution in [-0.4, -0.2) is 38.4 Å². The Morgan fingerprint density at radius 2 is 2.04 bits per heavy atom. The highest BCUT2D eigenvalue weighted by Crippen LogP contribution is 2.25. The fraction of sp³-hybridized carbons (Fsp3) is 0.312. The smallest absolute Gasteiger partial charge is 0.240 e.